The molecule has 0 bridgehead atoms. The number of aliphatic imine (C=N–C) groups is 1. The summed E-state index contributed by atoms with van der Waals surface area (Å²) in [5.41, 5.74) is 2.48. The number of guanidine groups is 1. The highest BCUT2D eigenvalue weighted by atomic mass is 127. The van der Waals surface area contributed by atoms with Gasteiger partial charge in [-0.15, -0.1) is 24.0 Å². The Morgan fingerprint density at radius 1 is 1.03 bits per heavy atom. The van der Waals surface area contributed by atoms with E-state index in [0.29, 0.717) is 19.2 Å². The van der Waals surface area contributed by atoms with Gasteiger partial charge in [0, 0.05) is 32.2 Å². The molecule has 0 aliphatic carbocycles. The van der Waals surface area contributed by atoms with Gasteiger partial charge in [-0.2, -0.15) is 0 Å². The van der Waals surface area contributed by atoms with Gasteiger partial charge in [0.25, 0.3) is 0 Å². The zero-order chi connectivity index (χ0) is 21.9. The van der Waals surface area contributed by atoms with Crippen LogP contribution in [0.15, 0.2) is 53.5 Å². The van der Waals surface area contributed by atoms with Gasteiger partial charge in [0.1, 0.15) is 0 Å². The molecule has 0 amide bonds. The summed E-state index contributed by atoms with van der Waals surface area (Å²) < 4.78 is 11.1. The molecular weight excluding hydrogens is 515 g/mol. The van der Waals surface area contributed by atoms with E-state index in [1.165, 1.54) is 5.56 Å². The molecule has 1 heterocycles. The van der Waals surface area contributed by atoms with E-state index >= 15 is 0 Å². The highest BCUT2D eigenvalue weighted by Gasteiger charge is 2.20. The normalized spacial score (nSPS) is 15.0. The fourth-order valence-electron chi connectivity index (χ4n) is 3.85. The molecule has 0 radical (unpaired) electrons. The maximum atomic E-state index is 5.69. The van der Waals surface area contributed by atoms with Crippen molar-refractivity contribution >= 4 is 29.9 Å². The Morgan fingerprint density at radius 2 is 1.78 bits per heavy atom. The van der Waals surface area contributed by atoms with Crippen LogP contribution in [0.3, 0.4) is 0 Å². The van der Waals surface area contributed by atoms with E-state index in [9.17, 15) is 0 Å². The number of methoxy groups -OCH3 is 1. The van der Waals surface area contributed by atoms with E-state index < -0.39 is 0 Å². The van der Waals surface area contributed by atoms with E-state index in [-0.39, 0.29) is 24.0 Å². The van der Waals surface area contributed by atoms with E-state index in [4.69, 9.17) is 14.5 Å². The van der Waals surface area contributed by atoms with E-state index in [0.717, 1.165) is 62.0 Å². The van der Waals surface area contributed by atoms with Crippen LogP contribution in [0.2, 0.25) is 0 Å². The molecule has 3 rings (SSSR count). The zero-order valence-electron chi connectivity index (χ0n) is 19.5. The van der Waals surface area contributed by atoms with Gasteiger partial charge in [0.05, 0.1) is 20.3 Å². The van der Waals surface area contributed by atoms with Crippen LogP contribution in [0.5, 0.6) is 11.5 Å². The lowest BCUT2D eigenvalue weighted by Crippen LogP contribution is -2.48. The summed E-state index contributed by atoms with van der Waals surface area (Å²) in [4.78, 5) is 7.34. The third-order valence-electron chi connectivity index (χ3n) is 5.47. The number of hydrogen-bond acceptors (Lipinski definition) is 4. The summed E-state index contributed by atoms with van der Waals surface area (Å²) in [6.45, 7) is 9.34. The second kappa shape index (κ2) is 14.2. The molecule has 0 aromatic heterocycles. The van der Waals surface area contributed by atoms with Crippen molar-refractivity contribution in [1.29, 1.82) is 0 Å². The second-order valence-electron chi connectivity index (χ2n) is 7.79. The molecule has 32 heavy (non-hydrogen) atoms. The van der Waals surface area contributed by atoms with Gasteiger partial charge >= 0.3 is 0 Å². The number of rotatable bonds is 9. The summed E-state index contributed by atoms with van der Waals surface area (Å²) in [6.07, 6.45) is 2.24. The Bertz CT molecular complexity index is 824. The van der Waals surface area contributed by atoms with Crippen molar-refractivity contribution in [2.45, 2.75) is 45.8 Å². The van der Waals surface area contributed by atoms with E-state index in [1.54, 1.807) is 7.11 Å². The molecule has 1 aliphatic heterocycles. The lowest BCUT2D eigenvalue weighted by molar-refractivity contribution is 0.198. The molecule has 1 aliphatic rings. The van der Waals surface area contributed by atoms with Gasteiger partial charge < -0.3 is 20.1 Å². The SMILES string of the molecule is CCNC(=NCc1ccc(OC)c(OCC)c1)NC1CCN(Cc2ccccc2)CC1.I. The van der Waals surface area contributed by atoms with Crippen molar-refractivity contribution in [3.8, 4) is 11.5 Å². The molecule has 176 valence electrons. The van der Waals surface area contributed by atoms with Crippen LogP contribution < -0.4 is 20.1 Å². The molecule has 1 saturated heterocycles. The smallest absolute Gasteiger partial charge is 0.191 e. The van der Waals surface area contributed by atoms with Crippen molar-refractivity contribution in [3.05, 3.63) is 59.7 Å². The summed E-state index contributed by atoms with van der Waals surface area (Å²) in [6, 6.07) is 17.1. The van der Waals surface area contributed by atoms with Crippen molar-refractivity contribution in [3.63, 3.8) is 0 Å². The first-order valence-corrected chi connectivity index (χ1v) is 11.3. The average Bonchev–Trinajstić information content (AvgIpc) is 2.80. The average molecular weight is 553 g/mol. The van der Waals surface area contributed by atoms with Crippen molar-refractivity contribution in [2.24, 2.45) is 4.99 Å². The summed E-state index contributed by atoms with van der Waals surface area (Å²) in [5.74, 6) is 2.39. The molecule has 7 heteroatoms. The van der Waals surface area contributed by atoms with Crippen LogP contribution in [0.1, 0.15) is 37.8 Å². The molecule has 0 unspecified atom stereocenters. The minimum atomic E-state index is 0. The van der Waals surface area contributed by atoms with Gasteiger partial charge in [-0.05, 0) is 49.9 Å². The first-order chi connectivity index (χ1) is 15.2. The molecule has 2 N–H and O–H groups in total. The second-order valence-corrected chi connectivity index (χ2v) is 7.79. The first kappa shape index (κ1) is 26.3. The summed E-state index contributed by atoms with van der Waals surface area (Å²) in [5, 5.41) is 7.01. The van der Waals surface area contributed by atoms with Gasteiger partial charge in [-0.3, -0.25) is 4.90 Å². The summed E-state index contributed by atoms with van der Waals surface area (Å²) >= 11 is 0. The topological polar surface area (TPSA) is 58.1 Å². The van der Waals surface area contributed by atoms with Gasteiger partial charge in [0.2, 0.25) is 0 Å². The predicted octanol–water partition coefficient (Wildman–Crippen LogP) is 4.43. The van der Waals surface area contributed by atoms with Gasteiger partial charge in [0.15, 0.2) is 17.5 Å². The molecule has 0 spiro atoms. The number of nitrogens with one attached hydrogen (secondary N) is 2. The maximum absolute atomic E-state index is 5.69. The monoisotopic (exact) mass is 552 g/mol. The quantitative estimate of drug-likeness (QED) is 0.274. The Kier molecular flexibility index (Phi) is 11.7. The Morgan fingerprint density at radius 3 is 2.44 bits per heavy atom. The number of likely N-dealkylation sites (tertiary alicyclic amines) is 1. The number of nitrogens with zero attached hydrogens (tertiary/aromatic N) is 2. The van der Waals surface area contributed by atoms with Gasteiger partial charge in [-0.1, -0.05) is 36.4 Å². The number of benzene rings is 2. The number of hydrogen-bond donors (Lipinski definition) is 2. The van der Waals surface area contributed by atoms with E-state index in [2.05, 4.69) is 52.8 Å². The third-order valence-corrected chi connectivity index (χ3v) is 5.47. The standard InChI is InChI=1S/C25H36N4O2.HI/c1-4-26-25(27-18-21-11-12-23(30-3)24(17-21)31-5-2)28-22-13-15-29(16-14-22)19-20-9-7-6-8-10-20;/h6-12,17,22H,4-5,13-16,18-19H2,1-3H3,(H2,26,27,28);1H. The van der Waals surface area contributed by atoms with Crippen molar-refractivity contribution in [1.82, 2.24) is 15.5 Å². The first-order valence-electron chi connectivity index (χ1n) is 11.3. The maximum Gasteiger partial charge on any atom is 0.191 e. The van der Waals surface area contributed by atoms with Crippen LogP contribution in [-0.2, 0) is 13.1 Å². The molecule has 2 aromatic rings. The highest BCUT2D eigenvalue weighted by molar-refractivity contribution is 14.0. The fraction of sp³-hybridized carbons (Fsp3) is 0.480. The highest BCUT2D eigenvalue weighted by Crippen LogP contribution is 2.28. The van der Waals surface area contributed by atoms with E-state index in [1.807, 2.05) is 25.1 Å². The lowest BCUT2D eigenvalue weighted by atomic mass is 10.0. The molecule has 0 atom stereocenters. The lowest BCUT2D eigenvalue weighted by Gasteiger charge is -2.33. The van der Waals surface area contributed by atoms with Crippen molar-refractivity contribution < 1.29 is 9.47 Å². The molecule has 2 aromatic carbocycles. The minimum absolute atomic E-state index is 0. The van der Waals surface area contributed by atoms with Crippen LogP contribution in [0.4, 0.5) is 0 Å². The number of halogens is 1. The molecular formula is C25H37IN4O2. The molecule has 6 nitrogen and oxygen atoms in total. The Hall–Kier alpha value is -2.00. The Balaban J connectivity index is 0.00000363. The predicted molar refractivity (Wildman–Crippen MR) is 142 cm³/mol. The van der Waals surface area contributed by atoms with Crippen molar-refractivity contribution in [2.75, 3.05) is 33.4 Å². The molecule has 1 fully saturated rings. The van der Waals surface area contributed by atoms with Crippen LogP contribution in [-0.4, -0.2) is 50.3 Å². The third kappa shape index (κ3) is 8.16. The largest absolute Gasteiger partial charge is 0.493 e. The Labute approximate surface area is 209 Å². The van der Waals surface area contributed by atoms with Crippen LogP contribution in [0, 0.1) is 0 Å². The number of ether oxygens (including phenoxy) is 2. The van der Waals surface area contributed by atoms with Crippen LogP contribution in [0.25, 0.3) is 0 Å². The molecule has 0 saturated carbocycles. The zero-order valence-corrected chi connectivity index (χ0v) is 21.8. The fourth-order valence-corrected chi connectivity index (χ4v) is 3.85. The summed E-state index contributed by atoms with van der Waals surface area (Å²) in [7, 11) is 1.66. The van der Waals surface area contributed by atoms with Gasteiger partial charge in [-0.25, -0.2) is 4.99 Å². The minimum Gasteiger partial charge on any atom is -0.493 e. The van der Waals surface area contributed by atoms with Crippen LogP contribution >= 0.6 is 24.0 Å². The number of piperidine rings is 1.